The molecule has 1 aromatic carbocycles. The van der Waals surface area contributed by atoms with Gasteiger partial charge in [0.25, 0.3) is 0 Å². The molecule has 1 rings (SSSR count). The van der Waals surface area contributed by atoms with Gasteiger partial charge in [-0.2, -0.15) is 0 Å². The van der Waals surface area contributed by atoms with Gasteiger partial charge in [-0.05, 0) is 32.1 Å². The molecule has 0 spiro atoms. The molecule has 0 unspecified atom stereocenters. The van der Waals surface area contributed by atoms with E-state index in [0.717, 1.165) is 41.7 Å². The Bertz CT molecular complexity index is 354. The highest BCUT2D eigenvalue weighted by Gasteiger charge is 2.06. The van der Waals surface area contributed by atoms with Crippen LogP contribution in [-0.4, -0.2) is 36.9 Å². The molecule has 0 bridgehead atoms. The van der Waals surface area contributed by atoms with E-state index in [-0.39, 0.29) is 0 Å². The maximum Gasteiger partial charge on any atom is 0.143 e. The van der Waals surface area contributed by atoms with Crippen LogP contribution >= 0.6 is 11.8 Å². The quantitative estimate of drug-likeness (QED) is 0.581. The normalized spacial score (nSPS) is 10.9. The number of nitrogens with zero attached hydrogens (tertiary/aromatic N) is 1. The van der Waals surface area contributed by atoms with Crippen LogP contribution in [-0.2, 0) is 0 Å². The average molecular weight is 268 g/mol. The molecule has 0 aliphatic rings. The standard InChI is InChI=1S/C14H24N2OS/c1-4-16(5-2)10-11-18-13-9-7-8-12(14(13)15)17-6-3/h7-9H,4-6,10-11,15H2,1-3H3. The molecule has 2 N–H and O–H groups in total. The van der Waals surface area contributed by atoms with Crippen LogP contribution in [0.5, 0.6) is 5.75 Å². The number of anilines is 1. The van der Waals surface area contributed by atoms with Crippen LogP contribution in [0.2, 0.25) is 0 Å². The van der Waals surface area contributed by atoms with E-state index in [2.05, 4.69) is 24.8 Å². The summed E-state index contributed by atoms with van der Waals surface area (Å²) in [6.45, 7) is 10.3. The van der Waals surface area contributed by atoms with Gasteiger partial charge in [-0.15, -0.1) is 11.8 Å². The Balaban J connectivity index is 2.54. The van der Waals surface area contributed by atoms with Crippen molar-refractivity contribution in [3.8, 4) is 5.75 Å². The van der Waals surface area contributed by atoms with E-state index in [1.807, 2.05) is 19.1 Å². The van der Waals surface area contributed by atoms with E-state index >= 15 is 0 Å². The molecule has 0 aromatic heterocycles. The molecule has 0 radical (unpaired) electrons. The van der Waals surface area contributed by atoms with E-state index in [0.29, 0.717) is 6.61 Å². The fourth-order valence-corrected chi connectivity index (χ4v) is 2.76. The summed E-state index contributed by atoms with van der Waals surface area (Å²) >= 11 is 1.80. The topological polar surface area (TPSA) is 38.5 Å². The molecular formula is C14H24N2OS. The van der Waals surface area contributed by atoms with Gasteiger partial charge in [-0.1, -0.05) is 19.9 Å². The van der Waals surface area contributed by atoms with Crippen molar-refractivity contribution in [1.29, 1.82) is 0 Å². The number of para-hydroxylation sites is 1. The monoisotopic (exact) mass is 268 g/mol. The molecule has 0 amide bonds. The number of nitrogens with two attached hydrogens (primary N) is 1. The summed E-state index contributed by atoms with van der Waals surface area (Å²) < 4.78 is 5.50. The molecule has 1 aromatic rings. The minimum atomic E-state index is 0.651. The molecular weight excluding hydrogens is 244 g/mol. The molecule has 0 saturated carbocycles. The maximum absolute atomic E-state index is 6.09. The Morgan fingerprint density at radius 2 is 1.94 bits per heavy atom. The van der Waals surface area contributed by atoms with Crippen LogP contribution in [0.15, 0.2) is 23.1 Å². The summed E-state index contributed by atoms with van der Waals surface area (Å²) in [6, 6.07) is 5.99. The number of hydrogen-bond donors (Lipinski definition) is 1. The first-order chi connectivity index (χ1) is 8.72. The van der Waals surface area contributed by atoms with Gasteiger partial charge >= 0.3 is 0 Å². The predicted octanol–water partition coefficient (Wildman–Crippen LogP) is 3.10. The minimum absolute atomic E-state index is 0.651. The fourth-order valence-electron chi connectivity index (χ4n) is 1.76. The van der Waals surface area contributed by atoms with Gasteiger partial charge < -0.3 is 15.4 Å². The van der Waals surface area contributed by atoms with Crippen molar-refractivity contribution >= 4 is 17.4 Å². The Morgan fingerprint density at radius 1 is 1.22 bits per heavy atom. The second-order valence-corrected chi connectivity index (χ2v) is 5.11. The summed E-state index contributed by atoms with van der Waals surface area (Å²) in [5, 5.41) is 0. The first-order valence-corrected chi connectivity index (χ1v) is 7.57. The number of nitrogen functional groups attached to an aromatic ring is 1. The van der Waals surface area contributed by atoms with Gasteiger partial charge in [0.15, 0.2) is 0 Å². The maximum atomic E-state index is 6.09. The van der Waals surface area contributed by atoms with Crippen molar-refractivity contribution in [2.75, 3.05) is 37.7 Å². The second kappa shape index (κ2) is 8.27. The van der Waals surface area contributed by atoms with Crippen LogP contribution < -0.4 is 10.5 Å². The molecule has 18 heavy (non-hydrogen) atoms. The summed E-state index contributed by atoms with van der Waals surface area (Å²) in [5.41, 5.74) is 6.86. The van der Waals surface area contributed by atoms with Gasteiger partial charge in [-0.3, -0.25) is 0 Å². The zero-order valence-electron chi connectivity index (χ0n) is 11.6. The van der Waals surface area contributed by atoms with E-state index in [9.17, 15) is 0 Å². The van der Waals surface area contributed by atoms with Crippen LogP contribution in [0.3, 0.4) is 0 Å². The SMILES string of the molecule is CCOc1cccc(SCCN(CC)CC)c1N. The summed E-state index contributed by atoms with van der Waals surface area (Å²) in [4.78, 5) is 3.53. The number of hydrogen-bond acceptors (Lipinski definition) is 4. The lowest BCUT2D eigenvalue weighted by Gasteiger charge is -2.18. The molecule has 0 saturated heterocycles. The van der Waals surface area contributed by atoms with Crippen molar-refractivity contribution in [2.24, 2.45) is 0 Å². The Kier molecular flexibility index (Phi) is 6.98. The van der Waals surface area contributed by atoms with E-state index < -0.39 is 0 Å². The highest BCUT2D eigenvalue weighted by atomic mass is 32.2. The molecule has 0 atom stereocenters. The third-order valence-corrected chi connectivity index (χ3v) is 3.94. The molecule has 0 heterocycles. The van der Waals surface area contributed by atoms with E-state index in [4.69, 9.17) is 10.5 Å². The zero-order valence-corrected chi connectivity index (χ0v) is 12.4. The van der Waals surface area contributed by atoms with Crippen LogP contribution in [0.25, 0.3) is 0 Å². The van der Waals surface area contributed by atoms with Gasteiger partial charge in [0.1, 0.15) is 5.75 Å². The lowest BCUT2D eigenvalue weighted by atomic mass is 10.3. The zero-order chi connectivity index (χ0) is 13.4. The van der Waals surface area contributed by atoms with Crippen molar-refractivity contribution in [3.63, 3.8) is 0 Å². The van der Waals surface area contributed by atoms with E-state index in [1.54, 1.807) is 11.8 Å². The lowest BCUT2D eigenvalue weighted by Crippen LogP contribution is -2.25. The second-order valence-electron chi connectivity index (χ2n) is 3.98. The average Bonchev–Trinajstić information content (AvgIpc) is 2.39. The van der Waals surface area contributed by atoms with E-state index in [1.165, 1.54) is 0 Å². The van der Waals surface area contributed by atoms with Crippen molar-refractivity contribution < 1.29 is 4.74 Å². The smallest absolute Gasteiger partial charge is 0.143 e. The predicted molar refractivity (Wildman–Crippen MR) is 80.5 cm³/mol. The molecule has 102 valence electrons. The number of thioether (sulfide) groups is 1. The molecule has 4 heteroatoms. The Hall–Kier alpha value is -0.870. The lowest BCUT2D eigenvalue weighted by molar-refractivity contribution is 0.324. The number of ether oxygens (including phenoxy) is 1. The molecule has 0 fully saturated rings. The van der Waals surface area contributed by atoms with Gasteiger partial charge in [0, 0.05) is 17.2 Å². The summed E-state index contributed by atoms with van der Waals surface area (Å²) in [7, 11) is 0. The fraction of sp³-hybridized carbons (Fsp3) is 0.571. The summed E-state index contributed by atoms with van der Waals surface area (Å²) in [5.74, 6) is 1.85. The van der Waals surface area contributed by atoms with Crippen LogP contribution in [0.1, 0.15) is 20.8 Å². The van der Waals surface area contributed by atoms with Gasteiger partial charge in [0.2, 0.25) is 0 Å². The van der Waals surface area contributed by atoms with Gasteiger partial charge in [0.05, 0.1) is 12.3 Å². The van der Waals surface area contributed by atoms with Crippen LogP contribution in [0, 0.1) is 0 Å². The third kappa shape index (κ3) is 4.42. The Morgan fingerprint density at radius 3 is 2.56 bits per heavy atom. The number of benzene rings is 1. The Labute approximate surface area is 115 Å². The highest BCUT2D eigenvalue weighted by Crippen LogP contribution is 2.32. The van der Waals surface area contributed by atoms with Gasteiger partial charge in [-0.25, -0.2) is 0 Å². The number of rotatable bonds is 8. The third-order valence-electron chi connectivity index (χ3n) is 2.89. The van der Waals surface area contributed by atoms with Crippen LogP contribution in [0.4, 0.5) is 5.69 Å². The highest BCUT2D eigenvalue weighted by molar-refractivity contribution is 7.99. The molecule has 3 nitrogen and oxygen atoms in total. The molecule has 0 aliphatic carbocycles. The van der Waals surface area contributed by atoms with Crippen molar-refractivity contribution in [3.05, 3.63) is 18.2 Å². The first kappa shape index (κ1) is 15.2. The minimum Gasteiger partial charge on any atom is -0.492 e. The largest absolute Gasteiger partial charge is 0.492 e. The van der Waals surface area contributed by atoms with Crippen molar-refractivity contribution in [2.45, 2.75) is 25.7 Å². The first-order valence-electron chi connectivity index (χ1n) is 6.59. The summed E-state index contributed by atoms with van der Waals surface area (Å²) in [6.07, 6.45) is 0. The van der Waals surface area contributed by atoms with Crippen molar-refractivity contribution in [1.82, 2.24) is 4.90 Å². The molecule has 0 aliphatic heterocycles.